The van der Waals surface area contributed by atoms with Crippen LogP contribution in [0.4, 0.5) is 5.69 Å². The second kappa shape index (κ2) is 11.0. The number of piperazine rings is 1. The monoisotopic (exact) mass is 556 g/mol. The molecule has 11 nitrogen and oxygen atoms in total. The van der Waals surface area contributed by atoms with Gasteiger partial charge in [-0.2, -0.15) is 4.31 Å². The lowest BCUT2D eigenvalue weighted by molar-refractivity contribution is 0.196. The molecule has 1 fully saturated rings. The molecule has 0 saturated carbocycles. The molecule has 1 saturated heterocycles. The lowest BCUT2D eigenvalue weighted by atomic mass is 10.1. The highest BCUT2D eigenvalue weighted by Gasteiger charge is 2.33. The predicted molar refractivity (Wildman–Crippen MR) is 142 cm³/mol. The first-order chi connectivity index (χ1) is 17.1. The molecule has 4 rings (SSSR count). The summed E-state index contributed by atoms with van der Waals surface area (Å²) in [6.07, 6.45) is 2.39. The number of nitrogens with one attached hydrogen (secondary N) is 2. The summed E-state index contributed by atoms with van der Waals surface area (Å²) >= 11 is -0.920. The van der Waals surface area contributed by atoms with Crippen molar-refractivity contribution in [3.8, 4) is 5.75 Å². The van der Waals surface area contributed by atoms with E-state index in [-0.39, 0.29) is 27.6 Å². The highest BCUT2D eigenvalue weighted by Crippen LogP contribution is 2.39. The van der Waals surface area contributed by atoms with Crippen LogP contribution in [0.1, 0.15) is 57.4 Å². The number of anilines is 1. The van der Waals surface area contributed by atoms with E-state index in [1.807, 2.05) is 19.9 Å². The van der Waals surface area contributed by atoms with Gasteiger partial charge in [-0.05, 0) is 30.5 Å². The number of sulfonamides is 1. The van der Waals surface area contributed by atoms with Crippen LogP contribution in [0, 0.1) is 0 Å². The van der Waals surface area contributed by atoms with Gasteiger partial charge in [-0.3, -0.25) is 0 Å². The zero-order valence-electron chi connectivity index (χ0n) is 20.7. The summed E-state index contributed by atoms with van der Waals surface area (Å²) in [5.74, 6) is 1.04. The number of aromatic hydroxyl groups is 1. The SMILES string of the molecule is CC[C@@H](NC1=NS(=O)N=C1Nc1csc(S(=O)(=O)N2CCN(CC)CC2)c1O)c1cc(C(C)C)co1. The van der Waals surface area contributed by atoms with E-state index in [9.17, 15) is 17.7 Å². The van der Waals surface area contributed by atoms with Gasteiger partial charge in [0.2, 0.25) is 0 Å². The molecule has 0 spiro atoms. The van der Waals surface area contributed by atoms with E-state index >= 15 is 0 Å². The molecule has 2 aliphatic rings. The quantitative estimate of drug-likeness (QED) is 0.451. The largest absolute Gasteiger partial charge is 0.504 e. The average Bonchev–Trinajstić information content (AvgIpc) is 3.57. The zero-order valence-corrected chi connectivity index (χ0v) is 23.2. The molecule has 0 radical (unpaired) electrons. The van der Waals surface area contributed by atoms with Crippen molar-refractivity contribution < 1.29 is 22.2 Å². The number of hydrogen-bond acceptors (Lipinski definition) is 9. The number of amidine groups is 2. The number of rotatable bonds is 8. The summed E-state index contributed by atoms with van der Waals surface area (Å²) in [6, 6.07) is 1.73. The Bertz CT molecular complexity index is 1270. The van der Waals surface area contributed by atoms with Crippen molar-refractivity contribution >= 4 is 49.9 Å². The van der Waals surface area contributed by atoms with Gasteiger partial charge in [-0.25, -0.2) is 12.6 Å². The molecule has 2 aromatic rings. The minimum Gasteiger partial charge on any atom is -0.504 e. The molecule has 2 aliphatic heterocycles. The molecule has 2 atom stereocenters. The Hall–Kier alpha value is -2.26. The molecule has 36 heavy (non-hydrogen) atoms. The molecule has 3 N–H and O–H groups in total. The standard InChI is InChI=1S/C22H32N6O5S3/c1-5-16(18-11-15(12-33-18)14(3)4)23-20-21(26-35(30)25-20)24-17-13-34-22(19(17)29)36(31,32)28-9-7-27(6-2)8-10-28/h11-14,16,29H,5-10H2,1-4H3,(H,23,25)(H,24,26)/t16-,35?/m1/s1. The Kier molecular flexibility index (Phi) is 8.19. The Labute approximate surface area is 218 Å². The molecular formula is C22H32N6O5S3. The van der Waals surface area contributed by atoms with Crippen molar-refractivity contribution in [3.63, 3.8) is 0 Å². The van der Waals surface area contributed by atoms with Crippen molar-refractivity contribution in [2.45, 2.75) is 50.3 Å². The fraction of sp³-hybridized carbons (Fsp3) is 0.545. The number of hydrogen-bond donors (Lipinski definition) is 3. The van der Waals surface area contributed by atoms with Gasteiger partial charge in [-0.15, -0.1) is 20.1 Å². The summed E-state index contributed by atoms with van der Waals surface area (Å²) < 4.78 is 53.5. The highest BCUT2D eigenvalue weighted by atomic mass is 32.2. The maximum atomic E-state index is 13.2. The van der Waals surface area contributed by atoms with Gasteiger partial charge in [0, 0.05) is 31.6 Å². The average molecular weight is 557 g/mol. The minimum atomic E-state index is -3.85. The van der Waals surface area contributed by atoms with E-state index in [1.54, 1.807) is 6.26 Å². The normalized spacial score (nSPS) is 20.4. The van der Waals surface area contributed by atoms with Gasteiger partial charge in [0.05, 0.1) is 18.0 Å². The summed E-state index contributed by atoms with van der Waals surface area (Å²) in [5, 5.41) is 18.4. The van der Waals surface area contributed by atoms with Gasteiger partial charge in [0.1, 0.15) is 5.76 Å². The van der Waals surface area contributed by atoms with Crippen LogP contribution >= 0.6 is 11.3 Å². The van der Waals surface area contributed by atoms with Crippen LogP contribution in [0.2, 0.25) is 0 Å². The molecular weight excluding hydrogens is 524 g/mol. The molecule has 0 aromatic carbocycles. The first-order valence-corrected chi connectivity index (χ1v) is 15.3. The van der Waals surface area contributed by atoms with Crippen LogP contribution in [0.15, 0.2) is 35.1 Å². The first kappa shape index (κ1) is 26.8. The van der Waals surface area contributed by atoms with E-state index in [1.165, 1.54) is 9.69 Å². The van der Waals surface area contributed by atoms with E-state index in [0.717, 1.165) is 29.2 Å². The van der Waals surface area contributed by atoms with Crippen LogP contribution in [0.3, 0.4) is 0 Å². The maximum Gasteiger partial charge on any atom is 0.269 e. The number of nitrogens with zero attached hydrogens (tertiary/aromatic N) is 4. The second-order valence-electron chi connectivity index (χ2n) is 8.90. The Balaban J connectivity index is 1.49. The van der Waals surface area contributed by atoms with Gasteiger partial charge in [0.25, 0.3) is 21.2 Å². The third kappa shape index (κ3) is 5.52. The predicted octanol–water partition coefficient (Wildman–Crippen LogP) is 3.04. The summed E-state index contributed by atoms with van der Waals surface area (Å²) in [7, 11) is -3.85. The number of thiophene rings is 1. The molecule has 14 heteroatoms. The van der Waals surface area contributed by atoms with Gasteiger partial charge in [-0.1, -0.05) is 27.7 Å². The molecule has 0 amide bonds. The van der Waals surface area contributed by atoms with E-state index in [2.05, 4.69) is 38.2 Å². The van der Waals surface area contributed by atoms with E-state index < -0.39 is 26.9 Å². The molecule has 4 heterocycles. The Morgan fingerprint density at radius 1 is 1.19 bits per heavy atom. The maximum absolute atomic E-state index is 13.2. The molecule has 0 bridgehead atoms. The van der Waals surface area contributed by atoms with Gasteiger partial charge < -0.3 is 25.1 Å². The lowest BCUT2D eigenvalue weighted by Gasteiger charge is -2.32. The van der Waals surface area contributed by atoms with Crippen LogP contribution < -0.4 is 10.6 Å². The fourth-order valence-electron chi connectivity index (χ4n) is 3.97. The fourth-order valence-corrected chi connectivity index (χ4v) is 7.39. The lowest BCUT2D eigenvalue weighted by Crippen LogP contribution is -2.48. The van der Waals surface area contributed by atoms with Crippen molar-refractivity contribution in [1.29, 1.82) is 0 Å². The Morgan fingerprint density at radius 2 is 1.89 bits per heavy atom. The first-order valence-electron chi connectivity index (χ1n) is 11.9. The molecule has 198 valence electrons. The van der Waals surface area contributed by atoms with Crippen LogP contribution in [-0.4, -0.2) is 71.3 Å². The van der Waals surface area contributed by atoms with Gasteiger partial charge in [0.15, 0.2) is 21.6 Å². The molecule has 1 unspecified atom stereocenters. The van der Waals surface area contributed by atoms with Crippen LogP contribution in [0.25, 0.3) is 0 Å². The number of furan rings is 1. The molecule has 2 aromatic heterocycles. The van der Waals surface area contributed by atoms with Crippen molar-refractivity contribution in [2.24, 2.45) is 8.80 Å². The minimum absolute atomic E-state index is 0.135. The summed E-state index contributed by atoms with van der Waals surface area (Å²) in [5.41, 5.74) is 1.23. The van der Waals surface area contributed by atoms with Crippen LogP contribution in [0.5, 0.6) is 5.75 Å². The smallest absolute Gasteiger partial charge is 0.269 e. The topological polar surface area (TPSA) is 140 Å². The van der Waals surface area contributed by atoms with Gasteiger partial charge >= 0.3 is 0 Å². The second-order valence-corrected chi connectivity index (χ2v) is 12.7. The summed E-state index contributed by atoms with van der Waals surface area (Å²) in [4.78, 5) is 2.18. The number of likely N-dealkylation sites (N-methyl/N-ethyl adjacent to an activating group) is 1. The van der Waals surface area contributed by atoms with Crippen molar-refractivity contribution in [1.82, 2.24) is 14.5 Å². The van der Waals surface area contributed by atoms with Crippen LogP contribution in [-0.2, 0) is 21.2 Å². The Morgan fingerprint density at radius 3 is 2.50 bits per heavy atom. The third-order valence-electron chi connectivity index (χ3n) is 6.27. The van der Waals surface area contributed by atoms with E-state index in [0.29, 0.717) is 38.5 Å². The van der Waals surface area contributed by atoms with E-state index in [4.69, 9.17) is 4.42 Å². The third-order valence-corrected chi connectivity index (χ3v) is 10.3. The summed E-state index contributed by atoms with van der Waals surface area (Å²) in [6.45, 7) is 11.1. The highest BCUT2D eigenvalue weighted by molar-refractivity contribution is 7.91. The van der Waals surface area contributed by atoms with Crippen molar-refractivity contribution in [2.75, 3.05) is 38.0 Å². The zero-order chi connectivity index (χ0) is 26.0. The van der Waals surface area contributed by atoms with Crippen molar-refractivity contribution in [3.05, 3.63) is 29.0 Å². The molecule has 0 aliphatic carbocycles.